The molecule has 30 heavy (non-hydrogen) atoms. The van der Waals surface area contributed by atoms with Crippen molar-refractivity contribution in [3.05, 3.63) is 59.0 Å². The summed E-state index contributed by atoms with van der Waals surface area (Å²) < 4.78 is 5.42. The van der Waals surface area contributed by atoms with Crippen LogP contribution in [0.1, 0.15) is 19.4 Å². The van der Waals surface area contributed by atoms with Gasteiger partial charge >= 0.3 is 0 Å². The lowest BCUT2D eigenvalue weighted by molar-refractivity contribution is -0.120. The Bertz CT molecular complexity index is 984. The molecule has 7 nitrogen and oxygen atoms in total. The van der Waals surface area contributed by atoms with Crippen LogP contribution >= 0.6 is 11.8 Å². The molecule has 0 aromatic heterocycles. The van der Waals surface area contributed by atoms with Gasteiger partial charge in [-0.15, -0.1) is 11.8 Å². The van der Waals surface area contributed by atoms with Crippen molar-refractivity contribution in [2.24, 2.45) is 0 Å². The molecule has 8 heteroatoms. The lowest BCUT2D eigenvalue weighted by Crippen LogP contribution is -2.31. The molecule has 2 aromatic carbocycles. The van der Waals surface area contributed by atoms with Crippen molar-refractivity contribution in [1.82, 2.24) is 0 Å². The molecular weight excluding hydrogens is 404 g/mol. The van der Waals surface area contributed by atoms with E-state index in [2.05, 4.69) is 5.32 Å². The van der Waals surface area contributed by atoms with Crippen LogP contribution in [0.15, 0.2) is 53.4 Å². The third-order valence-electron chi connectivity index (χ3n) is 4.28. The first-order chi connectivity index (χ1) is 14.5. The predicted octanol–water partition coefficient (Wildman–Crippen LogP) is 3.05. The lowest BCUT2D eigenvalue weighted by Gasteiger charge is -2.16. The van der Waals surface area contributed by atoms with E-state index in [0.29, 0.717) is 35.0 Å². The highest BCUT2D eigenvalue weighted by atomic mass is 32.2. The average molecular weight is 426 g/mol. The summed E-state index contributed by atoms with van der Waals surface area (Å²) in [7, 11) is 0. The van der Waals surface area contributed by atoms with E-state index in [1.54, 1.807) is 48.5 Å². The third kappa shape index (κ3) is 4.55. The van der Waals surface area contributed by atoms with Gasteiger partial charge in [-0.25, -0.2) is 4.90 Å². The minimum atomic E-state index is -0.433. The minimum Gasteiger partial charge on any atom is -0.494 e. The molecule has 3 amide bonds. The van der Waals surface area contributed by atoms with Gasteiger partial charge in [0, 0.05) is 18.4 Å². The van der Waals surface area contributed by atoms with Gasteiger partial charge in [0.2, 0.25) is 5.91 Å². The van der Waals surface area contributed by atoms with E-state index >= 15 is 0 Å². The van der Waals surface area contributed by atoms with E-state index < -0.39 is 11.8 Å². The number of anilines is 2. The number of rotatable bonds is 8. The van der Waals surface area contributed by atoms with E-state index in [-0.39, 0.29) is 23.0 Å². The summed E-state index contributed by atoms with van der Waals surface area (Å²) in [4.78, 5) is 39.0. The number of thioether (sulfide) groups is 1. The standard InChI is InChI=1S/C22H22N2O5S/c1-3-29-18-10-8-17(9-11-18)24-21(27)19(20(22(24)28)30-13-12-25)15-4-6-16(7-5-15)23-14(2)26/h4-11,25H,3,12-13H2,1-2H3,(H,23,26). The Labute approximate surface area is 178 Å². The fourth-order valence-electron chi connectivity index (χ4n) is 3.06. The largest absolute Gasteiger partial charge is 0.494 e. The van der Waals surface area contributed by atoms with Crippen molar-refractivity contribution in [2.45, 2.75) is 13.8 Å². The molecule has 156 valence electrons. The van der Waals surface area contributed by atoms with Crippen molar-refractivity contribution in [3.8, 4) is 5.75 Å². The molecule has 0 fully saturated rings. The number of carbonyl (C=O) groups excluding carboxylic acids is 3. The topological polar surface area (TPSA) is 95.9 Å². The van der Waals surface area contributed by atoms with Crippen LogP contribution in [0.25, 0.3) is 5.57 Å². The number of benzene rings is 2. The van der Waals surface area contributed by atoms with Crippen LogP contribution in [0.3, 0.4) is 0 Å². The molecule has 1 aliphatic heterocycles. The molecular formula is C22H22N2O5S. The first kappa shape index (κ1) is 21.6. The van der Waals surface area contributed by atoms with Crippen LogP contribution in [0.4, 0.5) is 11.4 Å². The smallest absolute Gasteiger partial charge is 0.272 e. The maximum atomic E-state index is 13.2. The van der Waals surface area contributed by atoms with Gasteiger partial charge in [-0.1, -0.05) is 12.1 Å². The molecule has 3 rings (SSSR count). The molecule has 0 atom stereocenters. The van der Waals surface area contributed by atoms with Crippen LogP contribution in [0.2, 0.25) is 0 Å². The number of nitrogens with zero attached hydrogens (tertiary/aromatic N) is 1. The number of carbonyl (C=O) groups is 3. The van der Waals surface area contributed by atoms with E-state index in [1.807, 2.05) is 6.92 Å². The zero-order valence-electron chi connectivity index (χ0n) is 16.7. The van der Waals surface area contributed by atoms with Gasteiger partial charge in [-0.05, 0) is 48.9 Å². The molecule has 0 aliphatic carbocycles. The Hall–Kier alpha value is -3.10. The zero-order valence-corrected chi connectivity index (χ0v) is 17.5. The Balaban J connectivity index is 1.96. The summed E-state index contributed by atoms with van der Waals surface area (Å²) in [5, 5.41) is 11.9. The van der Waals surface area contributed by atoms with Gasteiger partial charge in [0.25, 0.3) is 11.8 Å². The molecule has 0 bridgehead atoms. The third-order valence-corrected chi connectivity index (χ3v) is 5.33. The highest BCUT2D eigenvalue weighted by Gasteiger charge is 2.40. The maximum absolute atomic E-state index is 13.2. The van der Waals surface area contributed by atoms with Crippen molar-refractivity contribution in [1.29, 1.82) is 0 Å². The lowest BCUT2D eigenvalue weighted by atomic mass is 10.1. The minimum absolute atomic E-state index is 0.118. The fraction of sp³-hybridized carbons (Fsp3) is 0.227. The highest BCUT2D eigenvalue weighted by molar-refractivity contribution is 8.04. The Morgan fingerprint density at radius 2 is 1.73 bits per heavy atom. The van der Waals surface area contributed by atoms with E-state index in [1.165, 1.54) is 6.92 Å². The van der Waals surface area contributed by atoms with Crippen LogP contribution in [-0.2, 0) is 14.4 Å². The second kappa shape index (κ2) is 9.60. The number of amides is 3. The van der Waals surface area contributed by atoms with Crippen LogP contribution in [0.5, 0.6) is 5.75 Å². The first-order valence-electron chi connectivity index (χ1n) is 9.43. The van der Waals surface area contributed by atoms with Crippen LogP contribution < -0.4 is 15.0 Å². The monoisotopic (exact) mass is 426 g/mol. The van der Waals surface area contributed by atoms with Gasteiger partial charge < -0.3 is 15.2 Å². The Morgan fingerprint density at radius 3 is 2.30 bits per heavy atom. The number of hydrogen-bond acceptors (Lipinski definition) is 6. The molecule has 1 heterocycles. The number of nitrogens with one attached hydrogen (secondary N) is 1. The molecule has 0 saturated heterocycles. The van der Waals surface area contributed by atoms with Crippen LogP contribution in [0, 0.1) is 0 Å². The summed E-state index contributed by atoms with van der Waals surface area (Å²) in [5.74, 6) is -0.119. The quantitative estimate of drug-likeness (QED) is 0.630. The summed E-state index contributed by atoms with van der Waals surface area (Å²) >= 11 is 1.15. The van der Waals surface area contributed by atoms with E-state index in [4.69, 9.17) is 4.74 Å². The number of imide groups is 1. The molecule has 0 spiro atoms. The van der Waals surface area contributed by atoms with Gasteiger partial charge in [0.15, 0.2) is 0 Å². The predicted molar refractivity (Wildman–Crippen MR) is 117 cm³/mol. The van der Waals surface area contributed by atoms with E-state index in [0.717, 1.165) is 16.7 Å². The maximum Gasteiger partial charge on any atom is 0.272 e. The van der Waals surface area contributed by atoms with Gasteiger partial charge in [-0.3, -0.25) is 14.4 Å². The molecule has 1 aliphatic rings. The second-order valence-corrected chi connectivity index (χ2v) is 7.51. The average Bonchev–Trinajstić information content (AvgIpc) is 2.97. The van der Waals surface area contributed by atoms with Gasteiger partial charge in [-0.2, -0.15) is 0 Å². The SMILES string of the molecule is CCOc1ccc(N2C(=O)C(SCCO)=C(c3ccc(NC(C)=O)cc3)C2=O)cc1. The van der Waals surface area contributed by atoms with Gasteiger partial charge in [0.1, 0.15) is 5.75 Å². The highest BCUT2D eigenvalue weighted by Crippen LogP contribution is 2.38. The number of ether oxygens (including phenoxy) is 1. The fourth-order valence-corrected chi connectivity index (χ4v) is 3.92. The molecule has 2 aromatic rings. The normalized spacial score (nSPS) is 13.8. The first-order valence-corrected chi connectivity index (χ1v) is 10.4. The van der Waals surface area contributed by atoms with Crippen molar-refractivity contribution in [3.63, 3.8) is 0 Å². The van der Waals surface area contributed by atoms with Crippen molar-refractivity contribution in [2.75, 3.05) is 29.2 Å². The summed E-state index contributed by atoms with van der Waals surface area (Å²) in [5.41, 5.74) is 1.88. The van der Waals surface area contributed by atoms with Crippen molar-refractivity contribution >= 4 is 46.4 Å². The number of aliphatic hydroxyl groups is 1. The summed E-state index contributed by atoms with van der Waals surface area (Å²) in [6.45, 7) is 3.68. The van der Waals surface area contributed by atoms with Crippen LogP contribution in [-0.4, -0.2) is 41.8 Å². The molecule has 2 N–H and O–H groups in total. The zero-order chi connectivity index (χ0) is 21.7. The summed E-state index contributed by atoms with van der Waals surface area (Å²) in [6, 6.07) is 13.5. The molecule has 0 unspecified atom stereocenters. The Kier molecular flexibility index (Phi) is 6.91. The molecule has 0 radical (unpaired) electrons. The molecule has 0 saturated carbocycles. The van der Waals surface area contributed by atoms with Gasteiger partial charge in [0.05, 0.1) is 29.4 Å². The Morgan fingerprint density at radius 1 is 1.07 bits per heavy atom. The number of aliphatic hydroxyl groups excluding tert-OH is 1. The summed E-state index contributed by atoms with van der Waals surface area (Å²) in [6.07, 6.45) is 0. The number of hydrogen-bond donors (Lipinski definition) is 2. The van der Waals surface area contributed by atoms with Crippen molar-refractivity contribution < 1.29 is 24.2 Å². The van der Waals surface area contributed by atoms with E-state index in [9.17, 15) is 19.5 Å². The second-order valence-electron chi connectivity index (χ2n) is 6.41.